The summed E-state index contributed by atoms with van der Waals surface area (Å²) in [6, 6.07) is 8.86. The summed E-state index contributed by atoms with van der Waals surface area (Å²) in [5.41, 5.74) is 8.14. The summed E-state index contributed by atoms with van der Waals surface area (Å²) in [5, 5.41) is 0. The second-order valence-corrected chi connectivity index (χ2v) is 6.32. The van der Waals surface area contributed by atoms with Gasteiger partial charge in [0.15, 0.2) is 0 Å². The molecular weight excluding hydrogens is 276 g/mol. The van der Waals surface area contributed by atoms with E-state index in [1.807, 2.05) is 12.2 Å². The highest BCUT2D eigenvalue weighted by Gasteiger charge is 2.39. The van der Waals surface area contributed by atoms with E-state index in [2.05, 4.69) is 71.2 Å². The van der Waals surface area contributed by atoms with Crippen molar-refractivity contribution in [3.63, 3.8) is 0 Å². The summed E-state index contributed by atoms with van der Waals surface area (Å²) < 4.78 is 0. The average Bonchev–Trinajstić information content (AvgIpc) is 2.82. The molecule has 0 atom stereocenters. The standard InChI is InChI=1S/C23H28/c1-7-10-13-17(4)18(5)16-22-19(6)20-14-11-12-15-21(20)23(22,8-2)9-3/h7,10-16H,1,4,8-9H2,2-3,5-6H3. The van der Waals surface area contributed by atoms with E-state index < -0.39 is 0 Å². The Morgan fingerprint density at radius 2 is 1.83 bits per heavy atom. The number of rotatable bonds is 6. The number of benzene rings is 1. The van der Waals surface area contributed by atoms with Crippen LogP contribution in [0.15, 0.2) is 78.4 Å². The van der Waals surface area contributed by atoms with Crippen LogP contribution in [0.25, 0.3) is 5.57 Å². The Morgan fingerprint density at radius 3 is 2.43 bits per heavy atom. The number of hydrogen-bond donors (Lipinski definition) is 0. The molecule has 1 aromatic carbocycles. The molecule has 0 saturated carbocycles. The smallest absolute Gasteiger partial charge is 0.0206 e. The fourth-order valence-electron chi connectivity index (χ4n) is 3.76. The summed E-state index contributed by atoms with van der Waals surface area (Å²) in [4.78, 5) is 0. The van der Waals surface area contributed by atoms with Gasteiger partial charge < -0.3 is 0 Å². The van der Waals surface area contributed by atoms with Crippen LogP contribution in [0.3, 0.4) is 0 Å². The highest BCUT2D eigenvalue weighted by Crippen LogP contribution is 2.51. The summed E-state index contributed by atoms with van der Waals surface area (Å²) in [6.45, 7) is 16.9. The minimum absolute atomic E-state index is 0.129. The monoisotopic (exact) mass is 304 g/mol. The molecule has 0 spiro atoms. The van der Waals surface area contributed by atoms with E-state index in [0.29, 0.717) is 0 Å². The predicted octanol–water partition coefficient (Wildman–Crippen LogP) is 6.78. The van der Waals surface area contributed by atoms with E-state index in [1.165, 1.54) is 27.8 Å². The van der Waals surface area contributed by atoms with Gasteiger partial charge in [-0.05, 0) is 60.1 Å². The van der Waals surface area contributed by atoms with Crippen molar-refractivity contribution in [2.24, 2.45) is 0 Å². The zero-order valence-corrected chi connectivity index (χ0v) is 14.9. The van der Waals surface area contributed by atoms with Gasteiger partial charge in [0.1, 0.15) is 0 Å². The Kier molecular flexibility index (Phi) is 5.26. The van der Waals surface area contributed by atoms with Gasteiger partial charge in [0.05, 0.1) is 0 Å². The minimum atomic E-state index is 0.129. The van der Waals surface area contributed by atoms with Crippen LogP contribution in [-0.4, -0.2) is 0 Å². The zero-order valence-electron chi connectivity index (χ0n) is 14.9. The van der Waals surface area contributed by atoms with Crippen LogP contribution in [0.1, 0.15) is 51.7 Å². The van der Waals surface area contributed by atoms with E-state index in [1.54, 1.807) is 6.08 Å². The van der Waals surface area contributed by atoms with Crippen LogP contribution < -0.4 is 0 Å². The summed E-state index contributed by atoms with van der Waals surface area (Å²) >= 11 is 0. The molecule has 0 nitrogen and oxygen atoms in total. The first-order valence-electron chi connectivity index (χ1n) is 8.49. The Labute approximate surface area is 141 Å². The molecule has 0 aliphatic heterocycles. The van der Waals surface area contributed by atoms with Crippen molar-refractivity contribution in [1.29, 1.82) is 0 Å². The lowest BCUT2D eigenvalue weighted by molar-refractivity contribution is 0.486. The molecular formula is C23H28. The van der Waals surface area contributed by atoms with Gasteiger partial charge in [-0.1, -0.05) is 75.6 Å². The molecule has 2 rings (SSSR count). The number of hydrogen-bond acceptors (Lipinski definition) is 0. The van der Waals surface area contributed by atoms with Gasteiger partial charge in [0.25, 0.3) is 0 Å². The third-order valence-corrected chi connectivity index (χ3v) is 5.27. The highest BCUT2D eigenvalue weighted by molar-refractivity contribution is 5.81. The molecule has 0 heteroatoms. The van der Waals surface area contributed by atoms with Crippen LogP contribution in [0, 0.1) is 0 Å². The molecule has 0 saturated heterocycles. The molecule has 0 fully saturated rings. The van der Waals surface area contributed by atoms with Gasteiger partial charge in [0.2, 0.25) is 0 Å². The molecule has 1 aromatic rings. The summed E-state index contributed by atoms with van der Waals surface area (Å²) in [5.74, 6) is 0. The van der Waals surface area contributed by atoms with Crippen molar-refractivity contribution in [3.8, 4) is 0 Å². The maximum atomic E-state index is 4.18. The Morgan fingerprint density at radius 1 is 1.17 bits per heavy atom. The third-order valence-electron chi connectivity index (χ3n) is 5.27. The fourth-order valence-corrected chi connectivity index (χ4v) is 3.76. The fraction of sp³-hybridized carbons (Fsp3) is 0.304. The van der Waals surface area contributed by atoms with Crippen molar-refractivity contribution in [2.75, 3.05) is 0 Å². The van der Waals surface area contributed by atoms with Gasteiger partial charge in [-0.3, -0.25) is 0 Å². The molecule has 0 heterocycles. The molecule has 120 valence electrons. The van der Waals surface area contributed by atoms with E-state index in [0.717, 1.165) is 18.4 Å². The van der Waals surface area contributed by atoms with Crippen LogP contribution in [0.4, 0.5) is 0 Å². The molecule has 0 unspecified atom stereocenters. The van der Waals surface area contributed by atoms with Crippen molar-refractivity contribution >= 4 is 5.57 Å². The Balaban J connectivity index is 2.57. The third kappa shape index (κ3) is 2.91. The van der Waals surface area contributed by atoms with Gasteiger partial charge in [-0.25, -0.2) is 0 Å². The second-order valence-electron chi connectivity index (χ2n) is 6.32. The maximum absolute atomic E-state index is 4.18. The maximum Gasteiger partial charge on any atom is 0.0206 e. The SMILES string of the molecule is C=CC=CC(=C)C(C)=CC1=C(C)c2ccccc2C1(CC)CC. The van der Waals surface area contributed by atoms with Crippen LogP contribution in [0.2, 0.25) is 0 Å². The van der Waals surface area contributed by atoms with Crippen molar-refractivity contribution < 1.29 is 0 Å². The lowest BCUT2D eigenvalue weighted by Crippen LogP contribution is -2.24. The van der Waals surface area contributed by atoms with E-state index in [9.17, 15) is 0 Å². The quantitative estimate of drug-likeness (QED) is 0.508. The van der Waals surface area contributed by atoms with Crippen molar-refractivity contribution in [2.45, 2.75) is 46.0 Å². The first kappa shape index (κ1) is 17.3. The molecule has 0 amide bonds. The second kappa shape index (κ2) is 7.00. The predicted molar refractivity (Wildman–Crippen MR) is 104 cm³/mol. The topological polar surface area (TPSA) is 0 Å². The molecule has 1 aliphatic rings. The normalized spacial score (nSPS) is 16.8. The van der Waals surface area contributed by atoms with Gasteiger partial charge in [-0.15, -0.1) is 0 Å². The largest absolute Gasteiger partial charge is 0.0991 e. The first-order valence-corrected chi connectivity index (χ1v) is 8.49. The lowest BCUT2D eigenvalue weighted by atomic mass is 9.72. The summed E-state index contributed by atoms with van der Waals surface area (Å²) in [6.07, 6.45) is 10.3. The number of fused-ring (bicyclic) bond motifs is 1. The van der Waals surface area contributed by atoms with Gasteiger partial charge in [0, 0.05) is 5.41 Å². The Hall–Kier alpha value is -2.08. The van der Waals surface area contributed by atoms with Crippen LogP contribution in [0.5, 0.6) is 0 Å². The Bertz CT molecular complexity index is 703. The molecule has 0 radical (unpaired) electrons. The van der Waals surface area contributed by atoms with Crippen LogP contribution >= 0.6 is 0 Å². The molecule has 1 aliphatic carbocycles. The van der Waals surface area contributed by atoms with Crippen molar-refractivity contribution in [3.05, 3.63) is 89.6 Å². The molecule has 0 N–H and O–H groups in total. The summed E-state index contributed by atoms with van der Waals surface area (Å²) in [7, 11) is 0. The van der Waals surface area contributed by atoms with E-state index in [4.69, 9.17) is 0 Å². The van der Waals surface area contributed by atoms with E-state index >= 15 is 0 Å². The lowest BCUT2D eigenvalue weighted by Gasteiger charge is -2.31. The average molecular weight is 304 g/mol. The minimum Gasteiger partial charge on any atom is -0.0991 e. The van der Waals surface area contributed by atoms with Gasteiger partial charge >= 0.3 is 0 Å². The number of allylic oxidation sites excluding steroid dienone is 8. The van der Waals surface area contributed by atoms with E-state index in [-0.39, 0.29) is 5.41 Å². The van der Waals surface area contributed by atoms with Crippen LogP contribution in [-0.2, 0) is 5.41 Å². The molecule has 0 bridgehead atoms. The molecule has 23 heavy (non-hydrogen) atoms. The van der Waals surface area contributed by atoms with Gasteiger partial charge in [-0.2, -0.15) is 0 Å². The molecule has 0 aromatic heterocycles. The zero-order chi connectivity index (χ0) is 17.0. The highest BCUT2D eigenvalue weighted by atomic mass is 14.4. The first-order chi connectivity index (χ1) is 11.0. The van der Waals surface area contributed by atoms with Crippen molar-refractivity contribution in [1.82, 2.24) is 0 Å².